The van der Waals surface area contributed by atoms with Gasteiger partial charge in [-0.1, -0.05) is 40.0 Å². The number of rotatable bonds is 7. The Morgan fingerprint density at radius 2 is 1.78 bits per heavy atom. The summed E-state index contributed by atoms with van der Waals surface area (Å²) in [6.07, 6.45) is 8.51. The number of likely N-dealkylation sites (tertiary alicyclic amines) is 1. The van der Waals surface area contributed by atoms with Gasteiger partial charge >= 0.3 is 5.97 Å². The lowest BCUT2D eigenvalue weighted by Gasteiger charge is -2.37. The molecular weight excluding hydrogens is 466 g/mol. The zero-order valence-corrected chi connectivity index (χ0v) is 21.3. The summed E-state index contributed by atoms with van der Waals surface area (Å²) in [4.78, 5) is 73.5. The van der Waals surface area contributed by atoms with E-state index in [9.17, 15) is 24.0 Å². The number of amides is 3. The van der Waals surface area contributed by atoms with Gasteiger partial charge in [0.2, 0.25) is 11.8 Å². The topological polar surface area (TPSA) is 148 Å². The summed E-state index contributed by atoms with van der Waals surface area (Å²) in [7, 11) is 1.20. The molecule has 2 heterocycles. The maximum absolute atomic E-state index is 13.6. The molecule has 0 bridgehead atoms. The molecule has 3 atom stereocenters. The number of esters is 1. The monoisotopic (exact) mass is 501 g/mol. The lowest BCUT2D eigenvalue weighted by Crippen LogP contribution is -2.61. The zero-order chi connectivity index (χ0) is 26.5. The number of carbonyl (C=O) groups excluding carboxylic acids is 5. The first-order valence-electron chi connectivity index (χ1n) is 12.3. The molecule has 1 aliphatic heterocycles. The van der Waals surface area contributed by atoms with Crippen LogP contribution in [0, 0.1) is 11.3 Å². The molecule has 3 unspecified atom stereocenters. The minimum Gasteiger partial charge on any atom is -0.467 e. The Balaban J connectivity index is 1.84. The molecule has 3 amide bonds. The number of nitrogens with zero attached hydrogens (tertiary/aromatic N) is 3. The number of ether oxygens (including phenoxy) is 1. The van der Waals surface area contributed by atoms with Crippen molar-refractivity contribution < 1.29 is 28.7 Å². The van der Waals surface area contributed by atoms with Crippen LogP contribution in [0.4, 0.5) is 0 Å². The van der Waals surface area contributed by atoms with E-state index in [2.05, 4.69) is 20.6 Å². The third kappa shape index (κ3) is 6.44. The third-order valence-corrected chi connectivity index (χ3v) is 6.79. The van der Waals surface area contributed by atoms with E-state index in [-0.39, 0.29) is 30.4 Å². The molecule has 3 rings (SSSR count). The SMILES string of the molecule is COC(=O)C1CC(=O)CN1C(=O)C(NC(=O)C(NC(=O)c1cnccn1)C1CCCCC1)C(C)(C)C. The summed E-state index contributed by atoms with van der Waals surface area (Å²) in [5.41, 5.74) is -0.656. The van der Waals surface area contributed by atoms with Gasteiger partial charge in [0.25, 0.3) is 5.91 Å². The molecule has 1 aliphatic carbocycles. The summed E-state index contributed by atoms with van der Waals surface area (Å²) >= 11 is 0. The van der Waals surface area contributed by atoms with Crippen LogP contribution in [0.5, 0.6) is 0 Å². The van der Waals surface area contributed by atoms with Crippen molar-refractivity contribution >= 4 is 29.5 Å². The molecule has 0 spiro atoms. The van der Waals surface area contributed by atoms with Crippen molar-refractivity contribution in [2.24, 2.45) is 11.3 Å². The van der Waals surface area contributed by atoms with Gasteiger partial charge in [0, 0.05) is 18.8 Å². The highest BCUT2D eigenvalue weighted by atomic mass is 16.5. The first-order chi connectivity index (χ1) is 17.0. The first kappa shape index (κ1) is 27.2. The van der Waals surface area contributed by atoms with Crippen LogP contribution >= 0.6 is 0 Å². The molecule has 196 valence electrons. The fourth-order valence-electron chi connectivity index (χ4n) is 4.81. The number of nitrogens with one attached hydrogen (secondary N) is 2. The maximum atomic E-state index is 13.6. The third-order valence-electron chi connectivity index (χ3n) is 6.79. The lowest BCUT2D eigenvalue weighted by atomic mass is 9.82. The van der Waals surface area contributed by atoms with E-state index < -0.39 is 47.2 Å². The van der Waals surface area contributed by atoms with Crippen LogP contribution in [0.15, 0.2) is 18.6 Å². The Bertz CT molecular complexity index is 986. The van der Waals surface area contributed by atoms with Gasteiger partial charge in [0.05, 0.1) is 19.9 Å². The van der Waals surface area contributed by atoms with Crippen molar-refractivity contribution in [1.29, 1.82) is 0 Å². The molecule has 0 radical (unpaired) electrons. The Morgan fingerprint density at radius 1 is 1.08 bits per heavy atom. The number of Topliss-reactive ketones (excluding diaryl/α,β-unsaturated/α-hetero) is 1. The van der Waals surface area contributed by atoms with Crippen LogP contribution in [0.25, 0.3) is 0 Å². The van der Waals surface area contributed by atoms with E-state index in [1.54, 1.807) is 20.8 Å². The smallest absolute Gasteiger partial charge is 0.329 e. The number of carbonyl (C=O) groups is 5. The fourth-order valence-corrected chi connectivity index (χ4v) is 4.81. The van der Waals surface area contributed by atoms with Crippen molar-refractivity contribution in [1.82, 2.24) is 25.5 Å². The van der Waals surface area contributed by atoms with Crippen LogP contribution in [0.3, 0.4) is 0 Å². The van der Waals surface area contributed by atoms with Crippen molar-refractivity contribution in [3.05, 3.63) is 24.3 Å². The number of hydrogen-bond donors (Lipinski definition) is 2. The van der Waals surface area contributed by atoms with Crippen molar-refractivity contribution in [3.63, 3.8) is 0 Å². The van der Waals surface area contributed by atoms with E-state index in [4.69, 9.17) is 4.74 Å². The van der Waals surface area contributed by atoms with Gasteiger partial charge in [-0.3, -0.25) is 24.2 Å². The average molecular weight is 502 g/mol. The summed E-state index contributed by atoms with van der Waals surface area (Å²) in [6, 6.07) is -2.95. The maximum Gasteiger partial charge on any atom is 0.329 e. The second-order valence-electron chi connectivity index (χ2n) is 10.5. The molecule has 1 aromatic heterocycles. The second kappa shape index (κ2) is 11.6. The van der Waals surface area contributed by atoms with Crippen molar-refractivity contribution in [2.45, 2.75) is 77.4 Å². The summed E-state index contributed by atoms with van der Waals surface area (Å²) in [5.74, 6) is -2.60. The highest BCUT2D eigenvalue weighted by Gasteiger charge is 2.46. The minimum absolute atomic E-state index is 0.0889. The molecule has 36 heavy (non-hydrogen) atoms. The van der Waals surface area contributed by atoms with Gasteiger partial charge < -0.3 is 20.3 Å². The molecule has 0 aromatic carbocycles. The normalized spacial score (nSPS) is 20.4. The van der Waals surface area contributed by atoms with E-state index in [1.807, 2.05) is 0 Å². The molecule has 1 aromatic rings. The Morgan fingerprint density at radius 3 is 2.36 bits per heavy atom. The highest BCUT2D eigenvalue weighted by molar-refractivity contribution is 6.01. The van der Waals surface area contributed by atoms with E-state index in [0.29, 0.717) is 0 Å². The van der Waals surface area contributed by atoms with Gasteiger partial charge in [-0.15, -0.1) is 0 Å². The average Bonchev–Trinajstić information content (AvgIpc) is 3.26. The predicted octanol–water partition coefficient (Wildman–Crippen LogP) is 1.03. The van der Waals surface area contributed by atoms with E-state index >= 15 is 0 Å². The minimum atomic E-state index is -1.04. The number of ketones is 1. The number of methoxy groups -OCH3 is 1. The Hall–Kier alpha value is -3.37. The summed E-state index contributed by atoms with van der Waals surface area (Å²) in [5, 5.41) is 5.64. The van der Waals surface area contributed by atoms with Crippen LogP contribution in [-0.4, -0.2) is 76.1 Å². The molecule has 11 nitrogen and oxygen atoms in total. The summed E-state index contributed by atoms with van der Waals surface area (Å²) in [6.45, 7) is 5.13. The van der Waals surface area contributed by atoms with E-state index in [0.717, 1.165) is 32.1 Å². The van der Waals surface area contributed by atoms with Crippen molar-refractivity contribution in [3.8, 4) is 0 Å². The van der Waals surface area contributed by atoms with Crippen molar-refractivity contribution in [2.75, 3.05) is 13.7 Å². The lowest BCUT2D eigenvalue weighted by molar-refractivity contribution is -0.153. The molecule has 1 saturated carbocycles. The largest absolute Gasteiger partial charge is 0.467 e. The van der Waals surface area contributed by atoms with Crippen LogP contribution in [0.2, 0.25) is 0 Å². The highest BCUT2D eigenvalue weighted by Crippen LogP contribution is 2.29. The predicted molar refractivity (Wildman–Crippen MR) is 128 cm³/mol. The van der Waals surface area contributed by atoms with Gasteiger partial charge in [-0.05, 0) is 24.2 Å². The zero-order valence-electron chi connectivity index (χ0n) is 21.3. The van der Waals surface area contributed by atoms with Gasteiger partial charge in [-0.2, -0.15) is 0 Å². The van der Waals surface area contributed by atoms with Gasteiger partial charge in [0.1, 0.15) is 23.8 Å². The second-order valence-corrected chi connectivity index (χ2v) is 10.5. The van der Waals surface area contributed by atoms with Crippen LogP contribution in [0.1, 0.15) is 69.8 Å². The standard InChI is InChI=1S/C25H35N5O6/c1-25(2,3)20(23(34)30-14-16(31)12-18(30)24(35)36-4)29-22(33)19(15-8-6-5-7-9-15)28-21(32)17-13-26-10-11-27-17/h10-11,13,15,18-20H,5-9,12,14H2,1-4H3,(H,28,32)(H,29,33). The van der Waals surface area contributed by atoms with Crippen LogP contribution in [-0.2, 0) is 23.9 Å². The fraction of sp³-hybridized carbons (Fsp3) is 0.640. The molecule has 2 N–H and O–H groups in total. The quantitative estimate of drug-likeness (QED) is 0.527. The Kier molecular flexibility index (Phi) is 8.75. The Labute approximate surface area is 210 Å². The molecule has 2 fully saturated rings. The molecule has 2 aliphatic rings. The van der Waals surface area contributed by atoms with E-state index in [1.165, 1.54) is 30.6 Å². The number of aromatic nitrogens is 2. The first-order valence-corrected chi connectivity index (χ1v) is 12.3. The number of hydrogen-bond acceptors (Lipinski definition) is 8. The molecule has 1 saturated heterocycles. The van der Waals surface area contributed by atoms with Gasteiger partial charge in [0.15, 0.2) is 5.78 Å². The van der Waals surface area contributed by atoms with Crippen LogP contribution < -0.4 is 10.6 Å². The summed E-state index contributed by atoms with van der Waals surface area (Å²) < 4.78 is 4.78. The van der Waals surface area contributed by atoms with Gasteiger partial charge in [-0.25, -0.2) is 9.78 Å². The molecular formula is C25H35N5O6. The molecule has 11 heteroatoms.